The van der Waals surface area contributed by atoms with Crippen LogP contribution in [0.3, 0.4) is 0 Å². The molecule has 2 aliphatic heterocycles. The lowest BCUT2D eigenvalue weighted by atomic mass is 10.0. The molecule has 0 spiro atoms. The van der Waals surface area contributed by atoms with Gasteiger partial charge in [-0.25, -0.2) is 8.78 Å². The fourth-order valence-electron chi connectivity index (χ4n) is 3.33. The van der Waals surface area contributed by atoms with Crippen LogP contribution in [-0.2, 0) is 0 Å². The number of hydrogen-bond donors (Lipinski definition) is 0. The van der Waals surface area contributed by atoms with Crippen LogP contribution in [0.25, 0.3) is 0 Å². The molecule has 0 aromatic heterocycles. The molecular weight excluding hydrogens is 246 g/mol. The molecule has 4 heteroatoms. The van der Waals surface area contributed by atoms with Crippen molar-refractivity contribution in [2.75, 3.05) is 31.1 Å². The van der Waals surface area contributed by atoms with Crippen LogP contribution < -0.4 is 4.90 Å². The van der Waals surface area contributed by atoms with Gasteiger partial charge in [0.25, 0.3) is 0 Å². The Morgan fingerprint density at radius 1 is 1.00 bits per heavy atom. The topological polar surface area (TPSA) is 6.48 Å². The summed E-state index contributed by atoms with van der Waals surface area (Å²) in [5, 5.41) is 0. The van der Waals surface area contributed by atoms with Gasteiger partial charge in [0.2, 0.25) is 0 Å². The average molecular weight is 266 g/mol. The highest BCUT2D eigenvalue weighted by Gasteiger charge is 2.28. The van der Waals surface area contributed by atoms with E-state index in [9.17, 15) is 8.78 Å². The van der Waals surface area contributed by atoms with Gasteiger partial charge in [-0.3, -0.25) is 4.90 Å². The van der Waals surface area contributed by atoms with Gasteiger partial charge in [-0.1, -0.05) is 12.5 Å². The molecule has 0 bridgehead atoms. The van der Waals surface area contributed by atoms with Gasteiger partial charge in [0.05, 0.1) is 5.69 Å². The Bertz CT molecular complexity index is 450. The summed E-state index contributed by atoms with van der Waals surface area (Å²) in [5.74, 6) is -1.45. The summed E-state index contributed by atoms with van der Waals surface area (Å²) in [4.78, 5) is 4.54. The van der Waals surface area contributed by atoms with Crippen molar-refractivity contribution in [3.05, 3.63) is 29.8 Å². The molecule has 1 atom stereocenters. The van der Waals surface area contributed by atoms with Gasteiger partial charge in [0.15, 0.2) is 11.6 Å². The van der Waals surface area contributed by atoms with Crippen LogP contribution in [0.5, 0.6) is 0 Å². The molecule has 104 valence electrons. The molecule has 0 amide bonds. The molecule has 2 fully saturated rings. The molecule has 1 unspecified atom stereocenters. The fourth-order valence-corrected chi connectivity index (χ4v) is 3.33. The highest BCUT2D eigenvalue weighted by Crippen LogP contribution is 2.27. The van der Waals surface area contributed by atoms with Gasteiger partial charge in [-0.15, -0.1) is 0 Å². The first-order valence-electron chi connectivity index (χ1n) is 7.19. The summed E-state index contributed by atoms with van der Waals surface area (Å²) in [6.45, 7) is 3.87. The van der Waals surface area contributed by atoms with Crippen molar-refractivity contribution >= 4 is 5.69 Å². The van der Waals surface area contributed by atoms with Crippen LogP contribution in [0.1, 0.15) is 25.7 Å². The van der Waals surface area contributed by atoms with E-state index >= 15 is 0 Å². The second-order valence-electron chi connectivity index (χ2n) is 5.56. The highest BCUT2D eigenvalue weighted by atomic mass is 19.2. The zero-order valence-corrected chi connectivity index (χ0v) is 11.1. The van der Waals surface area contributed by atoms with Gasteiger partial charge in [0, 0.05) is 25.7 Å². The minimum Gasteiger partial charge on any atom is -0.367 e. The van der Waals surface area contributed by atoms with E-state index in [1.807, 2.05) is 4.90 Å². The Hall–Kier alpha value is -1.16. The van der Waals surface area contributed by atoms with Crippen LogP contribution in [0.2, 0.25) is 0 Å². The lowest BCUT2D eigenvalue weighted by Crippen LogP contribution is -2.44. The molecule has 2 saturated heterocycles. The van der Waals surface area contributed by atoms with Crippen molar-refractivity contribution in [2.24, 2.45) is 0 Å². The van der Waals surface area contributed by atoms with E-state index in [0.717, 1.165) is 32.6 Å². The Kier molecular flexibility index (Phi) is 3.69. The third-order valence-corrected chi connectivity index (χ3v) is 4.33. The molecule has 3 rings (SSSR count). The van der Waals surface area contributed by atoms with Crippen molar-refractivity contribution in [3.63, 3.8) is 0 Å². The lowest BCUT2D eigenvalue weighted by Gasteiger charge is -2.35. The van der Waals surface area contributed by atoms with Gasteiger partial charge in [-0.2, -0.15) is 0 Å². The van der Waals surface area contributed by atoms with Crippen LogP contribution in [0.15, 0.2) is 18.2 Å². The molecule has 2 aliphatic rings. The first kappa shape index (κ1) is 12.9. The summed E-state index contributed by atoms with van der Waals surface area (Å²) in [5.41, 5.74) is 0.424. The van der Waals surface area contributed by atoms with E-state index in [1.165, 1.54) is 25.3 Å². The van der Waals surface area contributed by atoms with Crippen molar-refractivity contribution in [3.8, 4) is 0 Å². The van der Waals surface area contributed by atoms with E-state index in [4.69, 9.17) is 0 Å². The zero-order chi connectivity index (χ0) is 13.2. The number of piperidine rings is 1. The average Bonchev–Trinajstić information content (AvgIpc) is 2.64. The Morgan fingerprint density at radius 2 is 1.84 bits per heavy atom. The monoisotopic (exact) mass is 266 g/mol. The van der Waals surface area contributed by atoms with E-state index < -0.39 is 11.6 Å². The number of fused-ring (bicyclic) bond motifs is 1. The fraction of sp³-hybridized carbons (Fsp3) is 0.600. The maximum absolute atomic E-state index is 13.9. The van der Waals surface area contributed by atoms with Crippen LogP contribution >= 0.6 is 0 Å². The Morgan fingerprint density at radius 3 is 2.74 bits per heavy atom. The Labute approximate surface area is 113 Å². The van der Waals surface area contributed by atoms with Gasteiger partial charge in [-0.05, 0) is 37.9 Å². The summed E-state index contributed by atoms with van der Waals surface area (Å²) in [7, 11) is 0. The van der Waals surface area contributed by atoms with Crippen molar-refractivity contribution in [2.45, 2.75) is 31.7 Å². The van der Waals surface area contributed by atoms with Crippen molar-refractivity contribution in [1.82, 2.24) is 4.90 Å². The minimum atomic E-state index is -0.748. The summed E-state index contributed by atoms with van der Waals surface area (Å²) >= 11 is 0. The summed E-state index contributed by atoms with van der Waals surface area (Å²) in [6.07, 6.45) is 4.71. The molecular formula is C15H20F2N2. The van der Waals surface area contributed by atoms with E-state index in [2.05, 4.69) is 4.90 Å². The SMILES string of the molecule is Fc1cccc(N2CCCN3CCCCC3C2)c1F. The molecule has 0 N–H and O–H groups in total. The molecule has 0 radical (unpaired) electrons. The molecule has 1 aromatic rings. The van der Waals surface area contributed by atoms with E-state index in [0.29, 0.717) is 11.7 Å². The molecule has 0 saturated carbocycles. The molecule has 0 aliphatic carbocycles. The quantitative estimate of drug-likeness (QED) is 0.771. The zero-order valence-electron chi connectivity index (χ0n) is 11.1. The van der Waals surface area contributed by atoms with Gasteiger partial charge >= 0.3 is 0 Å². The number of benzene rings is 1. The van der Waals surface area contributed by atoms with Gasteiger partial charge < -0.3 is 4.90 Å². The van der Waals surface area contributed by atoms with E-state index in [-0.39, 0.29) is 0 Å². The van der Waals surface area contributed by atoms with Crippen LogP contribution in [0.4, 0.5) is 14.5 Å². The van der Waals surface area contributed by atoms with E-state index in [1.54, 1.807) is 12.1 Å². The molecule has 1 aromatic carbocycles. The maximum atomic E-state index is 13.9. The summed E-state index contributed by atoms with van der Waals surface area (Å²) < 4.78 is 27.3. The standard InChI is InChI=1S/C15H20F2N2/c16-13-6-3-7-14(15(13)17)19-10-4-9-18-8-2-1-5-12(18)11-19/h3,6-7,12H,1-2,4-5,8-11H2. The first-order chi connectivity index (χ1) is 9.25. The predicted octanol–water partition coefficient (Wildman–Crippen LogP) is 3.03. The second-order valence-corrected chi connectivity index (χ2v) is 5.56. The lowest BCUT2D eigenvalue weighted by molar-refractivity contribution is 0.162. The largest absolute Gasteiger partial charge is 0.367 e. The smallest absolute Gasteiger partial charge is 0.182 e. The highest BCUT2D eigenvalue weighted by molar-refractivity contribution is 5.48. The second kappa shape index (κ2) is 5.45. The summed E-state index contributed by atoms with van der Waals surface area (Å²) in [6, 6.07) is 4.97. The molecule has 19 heavy (non-hydrogen) atoms. The number of nitrogens with zero attached hydrogens (tertiary/aromatic N) is 2. The molecule has 2 nitrogen and oxygen atoms in total. The number of halogens is 2. The normalized spacial score (nSPS) is 24.9. The number of anilines is 1. The van der Waals surface area contributed by atoms with Crippen molar-refractivity contribution < 1.29 is 8.78 Å². The third-order valence-electron chi connectivity index (χ3n) is 4.33. The van der Waals surface area contributed by atoms with Crippen molar-refractivity contribution in [1.29, 1.82) is 0 Å². The van der Waals surface area contributed by atoms with Crippen LogP contribution in [0, 0.1) is 11.6 Å². The number of hydrogen-bond acceptors (Lipinski definition) is 2. The minimum absolute atomic E-state index is 0.424. The first-order valence-corrected chi connectivity index (χ1v) is 7.19. The number of rotatable bonds is 1. The maximum Gasteiger partial charge on any atom is 0.182 e. The van der Waals surface area contributed by atoms with Gasteiger partial charge in [0.1, 0.15) is 0 Å². The molecule has 2 heterocycles. The Balaban J connectivity index is 1.82. The predicted molar refractivity (Wildman–Crippen MR) is 72.4 cm³/mol. The third kappa shape index (κ3) is 2.59. The van der Waals surface area contributed by atoms with Crippen LogP contribution in [-0.4, -0.2) is 37.1 Å².